The third-order valence-electron chi connectivity index (χ3n) is 6.95. The second-order valence-corrected chi connectivity index (χ2v) is 7.76. The summed E-state index contributed by atoms with van der Waals surface area (Å²) in [5.74, 6) is 2.15. The fourth-order valence-electron chi connectivity index (χ4n) is 5.87. The van der Waals surface area contributed by atoms with Gasteiger partial charge < -0.3 is 15.4 Å². The van der Waals surface area contributed by atoms with Crippen molar-refractivity contribution in [1.29, 1.82) is 0 Å². The molecule has 0 aromatic rings. The number of nitrogens with two attached hydrogens (primary N) is 1. The molecule has 126 valence electrons. The number of nitrogens with zero attached hydrogens (tertiary/aromatic N) is 1. The van der Waals surface area contributed by atoms with Gasteiger partial charge in [0.25, 0.3) is 0 Å². The van der Waals surface area contributed by atoms with E-state index in [1.54, 1.807) is 0 Å². The summed E-state index contributed by atoms with van der Waals surface area (Å²) in [4.78, 5) is 14.9. The number of ether oxygens (including phenoxy) is 1. The molecule has 22 heavy (non-hydrogen) atoms. The summed E-state index contributed by atoms with van der Waals surface area (Å²) >= 11 is 0. The van der Waals surface area contributed by atoms with Crippen molar-refractivity contribution in [2.24, 2.45) is 28.9 Å². The molecule has 0 radical (unpaired) electrons. The Hall–Kier alpha value is -0.320. The molecule has 4 fully saturated rings. The van der Waals surface area contributed by atoms with Gasteiger partial charge in [-0.05, 0) is 55.8 Å². The number of morpholine rings is 1. The van der Waals surface area contributed by atoms with E-state index in [9.17, 15) is 4.79 Å². The standard InChI is InChI=1S/C17H28N2O2.ClH/c18-15-12-3-4-14(10-12)17(15)5-1-2-13(11-17)16(20)19-6-8-21-9-7-19;/h12-15H,1-11,18H2;1H/t12-,13?,14+,15+,17?;/m1./s1. The Bertz CT molecular complexity index is 423. The van der Waals surface area contributed by atoms with Gasteiger partial charge in [0.05, 0.1) is 13.2 Å². The van der Waals surface area contributed by atoms with E-state index < -0.39 is 0 Å². The van der Waals surface area contributed by atoms with Crippen LogP contribution in [0.3, 0.4) is 0 Å². The Balaban J connectivity index is 0.00000144. The van der Waals surface area contributed by atoms with Gasteiger partial charge >= 0.3 is 0 Å². The summed E-state index contributed by atoms with van der Waals surface area (Å²) in [7, 11) is 0. The summed E-state index contributed by atoms with van der Waals surface area (Å²) in [6.07, 6.45) is 8.61. The summed E-state index contributed by atoms with van der Waals surface area (Å²) in [6.45, 7) is 2.96. The van der Waals surface area contributed by atoms with Crippen molar-refractivity contribution >= 4 is 18.3 Å². The second kappa shape index (κ2) is 6.29. The van der Waals surface area contributed by atoms with Crippen LogP contribution in [0.2, 0.25) is 0 Å². The number of fused-ring (bicyclic) bond motifs is 3. The minimum Gasteiger partial charge on any atom is -0.378 e. The molecule has 2 N–H and O–H groups in total. The number of rotatable bonds is 1. The number of carbonyl (C=O) groups is 1. The maximum absolute atomic E-state index is 12.8. The van der Waals surface area contributed by atoms with Gasteiger partial charge in [-0.1, -0.05) is 6.42 Å². The van der Waals surface area contributed by atoms with E-state index in [-0.39, 0.29) is 18.3 Å². The summed E-state index contributed by atoms with van der Waals surface area (Å²) in [5.41, 5.74) is 6.92. The summed E-state index contributed by atoms with van der Waals surface area (Å²) in [6, 6.07) is 0.358. The zero-order valence-electron chi connectivity index (χ0n) is 13.3. The molecule has 5 atom stereocenters. The fourth-order valence-corrected chi connectivity index (χ4v) is 5.87. The van der Waals surface area contributed by atoms with Crippen LogP contribution in [0.5, 0.6) is 0 Å². The lowest BCUT2D eigenvalue weighted by Gasteiger charge is -2.48. The summed E-state index contributed by atoms with van der Waals surface area (Å²) in [5, 5.41) is 0. The topological polar surface area (TPSA) is 55.6 Å². The summed E-state index contributed by atoms with van der Waals surface area (Å²) < 4.78 is 5.37. The second-order valence-electron chi connectivity index (χ2n) is 7.76. The Labute approximate surface area is 139 Å². The number of halogens is 1. The van der Waals surface area contributed by atoms with Crippen LogP contribution < -0.4 is 5.73 Å². The molecule has 0 aromatic heterocycles. The molecule has 1 spiro atoms. The highest BCUT2D eigenvalue weighted by atomic mass is 35.5. The van der Waals surface area contributed by atoms with E-state index >= 15 is 0 Å². The van der Waals surface area contributed by atoms with Crippen LogP contribution in [-0.2, 0) is 9.53 Å². The van der Waals surface area contributed by atoms with Gasteiger partial charge in [0.2, 0.25) is 5.91 Å². The van der Waals surface area contributed by atoms with Gasteiger partial charge in [0, 0.05) is 25.0 Å². The van der Waals surface area contributed by atoms with Crippen molar-refractivity contribution in [2.45, 2.75) is 51.0 Å². The molecule has 4 nitrogen and oxygen atoms in total. The highest BCUT2D eigenvalue weighted by Crippen LogP contribution is 2.61. The predicted molar refractivity (Wildman–Crippen MR) is 87.8 cm³/mol. The van der Waals surface area contributed by atoms with E-state index in [2.05, 4.69) is 0 Å². The molecule has 2 bridgehead atoms. The molecule has 3 saturated carbocycles. The maximum Gasteiger partial charge on any atom is 0.225 e. The van der Waals surface area contributed by atoms with E-state index in [0.29, 0.717) is 30.6 Å². The van der Waals surface area contributed by atoms with E-state index in [1.165, 1.54) is 32.1 Å². The zero-order valence-corrected chi connectivity index (χ0v) is 14.2. The van der Waals surface area contributed by atoms with Crippen molar-refractivity contribution < 1.29 is 9.53 Å². The van der Waals surface area contributed by atoms with Crippen molar-refractivity contribution in [3.8, 4) is 0 Å². The molecule has 1 saturated heterocycles. The van der Waals surface area contributed by atoms with Gasteiger partial charge in [-0.15, -0.1) is 12.4 Å². The zero-order chi connectivity index (χ0) is 14.4. The highest BCUT2D eigenvalue weighted by Gasteiger charge is 2.58. The molecular formula is C17H29ClN2O2. The fraction of sp³-hybridized carbons (Fsp3) is 0.941. The van der Waals surface area contributed by atoms with Crippen molar-refractivity contribution in [2.75, 3.05) is 26.3 Å². The van der Waals surface area contributed by atoms with Crippen molar-refractivity contribution in [3.05, 3.63) is 0 Å². The van der Waals surface area contributed by atoms with Crippen LogP contribution >= 0.6 is 12.4 Å². The van der Waals surface area contributed by atoms with Crippen LogP contribution in [0.25, 0.3) is 0 Å². The first kappa shape index (κ1) is 16.5. The normalized spacial score (nSPS) is 44.1. The van der Waals surface area contributed by atoms with E-state index in [1.807, 2.05) is 4.90 Å². The minimum absolute atomic E-state index is 0. The third kappa shape index (κ3) is 2.47. The molecule has 1 heterocycles. The first-order valence-corrected chi connectivity index (χ1v) is 8.83. The van der Waals surface area contributed by atoms with Crippen LogP contribution in [-0.4, -0.2) is 43.2 Å². The average Bonchev–Trinajstić information content (AvgIpc) is 3.11. The maximum atomic E-state index is 12.8. The number of amides is 1. The largest absolute Gasteiger partial charge is 0.378 e. The quantitative estimate of drug-likeness (QED) is 0.803. The van der Waals surface area contributed by atoms with E-state index in [4.69, 9.17) is 10.5 Å². The molecule has 0 aromatic carbocycles. The van der Waals surface area contributed by atoms with Crippen molar-refractivity contribution in [3.63, 3.8) is 0 Å². The van der Waals surface area contributed by atoms with Gasteiger partial charge in [-0.2, -0.15) is 0 Å². The molecular weight excluding hydrogens is 300 g/mol. The lowest BCUT2D eigenvalue weighted by atomic mass is 9.59. The molecule has 4 rings (SSSR count). The molecule has 4 aliphatic rings. The first-order valence-electron chi connectivity index (χ1n) is 8.83. The van der Waals surface area contributed by atoms with Crippen LogP contribution in [0.1, 0.15) is 44.9 Å². The molecule has 2 unspecified atom stereocenters. The molecule has 3 aliphatic carbocycles. The molecule has 5 heteroatoms. The first-order chi connectivity index (χ1) is 10.2. The van der Waals surface area contributed by atoms with Gasteiger partial charge in [0.1, 0.15) is 0 Å². The highest BCUT2D eigenvalue weighted by molar-refractivity contribution is 5.85. The van der Waals surface area contributed by atoms with Gasteiger partial charge in [0.15, 0.2) is 0 Å². The van der Waals surface area contributed by atoms with Crippen LogP contribution in [0.4, 0.5) is 0 Å². The number of hydrogen-bond donors (Lipinski definition) is 1. The minimum atomic E-state index is 0. The number of hydrogen-bond acceptors (Lipinski definition) is 3. The Morgan fingerprint density at radius 3 is 2.64 bits per heavy atom. The van der Waals surface area contributed by atoms with Crippen LogP contribution in [0, 0.1) is 23.2 Å². The SMILES string of the molecule is Cl.N[C@H]1[C@@H]2CC[C@@H](C2)C12CCCC(C(=O)N1CCOCC1)C2. The Kier molecular flexibility index (Phi) is 4.73. The van der Waals surface area contributed by atoms with E-state index in [0.717, 1.165) is 37.8 Å². The lowest BCUT2D eigenvalue weighted by molar-refractivity contribution is -0.143. The Morgan fingerprint density at radius 1 is 1.18 bits per heavy atom. The van der Waals surface area contributed by atoms with Gasteiger partial charge in [-0.3, -0.25) is 4.79 Å². The predicted octanol–water partition coefficient (Wildman–Crippen LogP) is 2.20. The monoisotopic (exact) mass is 328 g/mol. The van der Waals surface area contributed by atoms with Crippen molar-refractivity contribution in [1.82, 2.24) is 4.90 Å². The lowest BCUT2D eigenvalue weighted by Crippen LogP contribution is -2.52. The molecule has 1 amide bonds. The smallest absolute Gasteiger partial charge is 0.225 e. The Morgan fingerprint density at radius 2 is 1.95 bits per heavy atom. The average molecular weight is 329 g/mol. The van der Waals surface area contributed by atoms with Crippen LogP contribution in [0.15, 0.2) is 0 Å². The van der Waals surface area contributed by atoms with Gasteiger partial charge in [-0.25, -0.2) is 0 Å². The number of carbonyl (C=O) groups excluding carboxylic acids is 1. The molecule has 1 aliphatic heterocycles. The third-order valence-corrected chi connectivity index (χ3v) is 6.95.